The first kappa shape index (κ1) is 11.7. The molecule has 1 unspecified atom stereocenters. The molecule has 0 saturated carbocycles. The summed E-state index contributed by atoms with van der Waals surface area (Å²) in [5.41, 5.74) is 0. The Morgan fingerprint density at radius 3 is 3.00 bits per heavy atom. The van der Waals surface area contributed by atoms with Crippen LogP contribution in [0, 0.1) is 5.92 Å². The number of aromatic nitrogens is 2. The Labute approximate surface area is 94.1 Å². The average Bonchev–Trinajstić information content (AvgIpc) is 2.67. The van der Waals surface area contributed by atoms with Gasteiger partial charge in [-0.1, -0.05) is 13.3 Å². The van der Waals surface area contributed by atoms with Crippen LogP contribution in [0.4, 0.5) is 5.13 Å². The molecule has 0 saturated heterocycles. The zero-order valence-corrected chi connectivity index (χ0v) is 9.94. The molecule has 0 fully saturated rings. The smallest absolute Gasteiger partial charge is 0.202 e. The highest BCUT2D eigenvalue weighted by Crippen LogP contribution is 2.14. The van der Waals surface area contributed by atoms with Gasteiger partial charge in [0.2, 0.25) is 5.13 Å². The third-order valence-electron chi connectivity index (χ3n) is 2.12. The largest absolute Gasteiger partial charge is 0.360 e. The average molecular weight is 234 g/mol. The third-order valence-corrected chi connectivity index (χ3v) is 2.96. The van der Waals surface area contributed by atoms with E-state index in [0.717, 1.165) is 24.0 Å². The SMILES string of the molecule is CCCC(CCCl)CNc1ncns1. The van der Waals surface area contributed by atoms with Gasteiger partial charge in [-0.15, -0.1) is 11.6 Å². The molecule has 0 aliphatic heterocycles. The van der Waals surface area contributed by atoms with Gasteiger partial charge in [0.05, 0.1) is 0 Å². The van der Waals surface area contributed by atoms with Gasteiger partial charge in [-0.25, -0.2) is 4.98 Å². The Balaban J connectivity index is 2.25. The molecular weight excluding hydrogens is 218 g/mol. The molecule has 0 bridgehead atoms. The van der Waals surface area contributed by atoms with Crippen molar-refractivity contribution in [2.75, 3.05) is 17.7 Å². The Kier molecular flexibility index (Phi) is 5.87. The molecule has 0 radical (unpaired) electrons. The molecule has 0 aromatic carbocycles. The van der Waals surface area contributed by atoms with Crippen molar-refractivity contribution in [1.82, 2.24) is 9.36 Å². The van der Waals surface area contributed by atoms with E-state index in [-0.39, 0.29) is 0 Å². The molecule has 80 valence electrons. The van der Waals surface area contributed by atoms with E-state index < -0.39 is 0 Å². The molecule has 0 amide bonds. The number of hydrogen-bond acceptors (Lipinski definition) is 4. The molecule has 14 heavy (non-hydrogen) atoms. The van der Waals surface area contributed by atoms with Crippen LogP contribution in [-0.4, -0.2) is 21.8 Å². The molecule has 5 heteroatoms. The summed E-state index contributed by atoms with van der Waals surface area (Å²) in [5, 5.41) is 4.18. The fourth-order valence-corrected chi connectivity index (χ4v) is 2.14. The lowest BCUT2D eigenvalue weighted by Crippen LogP contribution is -2.14. The summed E-state index contributed by atoms with van der Waals surface area (Å²) in [4.78, 5) is 4.07. The minimum Gasteiger partial charge on any atom is -0.360 e. The van der Waals surface area contributed by atoms with Crippen molar-refractivity contribution in [3.63, 3.8) is 0 Å². The van der Waals surface area contributed by atoms with Gasteiger partial charge in [0, 0.05) is 24.0 Å². The van der Waals surface area contributed by atoms with E-state index in [1.807, 2.05) is 0 Å². The Morgan fingerprint density at radius 1 is 1.57 bits per heavy atom. The van der Waals surface area contributed by atoms with Crippen molar-refractivity contribution in [3.05, 3.63) is 6.33 Å². The molecule has 0 aliphatic carbocycles. The van der Waals surface area contributed by atoms with E-state index in [1.165, 1.54) is 24.4 Å². The highest BCUT2D eigenvalue weighted by Gasteiger charge is 2.07. The Morgan fingerprint density at radius 2 is 2.43 bits per heavy atom. The number of rotatable bonds is 7. The number of alkyl halides is 1. The Bertz CT molecular complexity index is 222. The summed E-state index contributed by atoms with van der Waals surface area (Å²) in [6.07, 6.45) is 5.07. The van der Waals surface area contributed by atoms with Gasteiger partial charge < -0.3 is 5.32 Å². The number of anilines is 1. The molecule has 1 rings (SSSR count). The first-order chi connectivity index (χ1) is 6.86. The second-order valence-electron chi connectivity index (χ2n) is 3.26. The zero-order valence-electron chi connectivity index (χ0n) is 8.37. The van der Waals surface area contributed by atoms with Crippen molar-refractivity contribution >= 4 is 28.3 Å². The van der Waals surface area contributed by atoms with E-state index in [9.17, 15) is 0 Å². The number of hydrogen-bond donors (Lipinski definition) is 1. The predicted molar refractivity (Wildman–Crippen MR) is 62.1 cm³/mol. The second kappa shape index (κ2) is 7.01. The van der Waals surface area contributed by atoms with Crippen molar-refractivity contribution in [2.24, 2.45) is 5.92 Å². The van der Waals surface area contributed by atoms with Gasteiger partial charge in [0.25, 0.3) is 0 Å². The van der Waals surface area contributed by atoms with Gasteiger partial charge >= 0.3 is 0 Å². The maximum atomic E-state index is 5.74. The van der Waals surface area contributed by atoms with Crippen LogP contribution in [0.1, 0.15) is 26.2 Å². The monoisotopic (exact) mass is 233 g/mol. The molecule has 1 N–H and O–H groups in total. The van der Waals surface area contributed by atoms with Gasteiger partial charge in [-0.05, 0) is 18.8 Å². The first-order valence-electron chi connectivity index (χ1n) is 4.93. The summed E-state index contributed by atoms with van der Waals surface area (Å²) in [7, 11) is 0. The lowest BCUT2D eigenvalue weighted by molar-refractivity contribution is 0.490. The van der Waals surface area contributed by atoms with Crippen LogP contribution in [0.25, 0.3) is 0 Å². The van der Waals surface area contributed by atoms with Gasteiger partial charge in [-0.3, -0.25) is 0 Å². The van der Waals surface area contributed by atoms with E-state index in [1.54, 1.807) is 6.33 Å². The van der Waals surface area contributed by atoms with Crippen molar-refractivity contribution in [3.8, 4) is 0 Å². The van der Waals surface area contributed by atoms with E-state index in [0.29, 0.717) is 5.92 Å². The van der Waals surface area contributed by atoms with Crippen LogP contribution in [0.2, 0.25) is 0 Å². The van der Waals surface area contributed by atoms with Crippen molar-refractivity contribution in [1.29, 1.82) is 0 Å². The second-order valence-corrected chi connectivity index (χ2v) is 4.42. The Hall–Kier alpha value is -0.350. The van der Waals surface area contributed by atoms with Crippen LogP contribution in [-0.2, 0) is 0 Å². The molecule has 1 aromatic heterocycles. The molecule has 0 aliphatic rings. The quantitative estimate of drug-likeness (QED) is 0.736. The molecule has 1 atom stereocenters. The lowest BCUT2D eigenvalue weighted by atomic mass is 10.0. The summed E-state index contributed by atoms with van der Waals surface area (Å²) in [5.74, 6) is 1.39. The van der Waals surface area contributed by atoms with Crippen LogP contribution >= 0.6 is 23.1 Å². The molecular formula is C9H16ClN3S. The zero-order chi connectivity index (χ0) is 10.2. The molecule has 1 aromatic rings. The summed E-state index contributed by atoms with van der Waals surface area (Å²) < 4.78 is 3.93. The molecule has 1 heterocycles. The van der Waals surface area contributed by atoms with Crippen LogP contribution in [0.15, 0.2) is 6.33 Å². The number of nitrogens with zero attached hydrogens (tertiary/aromatic N) is 2. The van der Waals surface area contributed by atoms with Gasteiger partial charge in [-0.2, -0.15) is 4.37 Å². The lowest BCUT2D eigenvalue weighted by Gasteiger charge is -2.14. The predicted octanol–water partition coefficient (Wildman–Crippen LogP) is 3.00. The standard InChI is InChI=1S/C9H16ClN3S/c1-2-3-8(4-5-10)6-11-9-12-7-13-14-9/h7-8H,2-6H2,1H3,(H,11,12,13). The van der Waals surface area contributed by atoms with Gasteiger partial charge in [0.1, 0.15) is 6.33 Å². The third kappa shape index (κ3) is 4.24. The van der Waals surface area contributed by atoms with Crippen LogP contribution in [0.5, 0.6) is 0 Å². The molecule has 0 spiro atoms. The minimum absolute atomic E-state index is 0.654. The maximum Gasteiger partial charge on any atom is 0.202 e. The van der Waals surface area contributed by atoms with E-state index in [4.69, 9.17) is 11.6 Å². The molecule has 3 nitrogen and oxygen atoms in total. The fourth-order valence-electron chi connectivity index (χ4n) is 1.39. The summed E-state index contributed by atoms with van der Waals surface area (Å²) in [6.45, 7) is 3.15. The first-order valence-corrected chi connectivity index (χ1v) is 6.24. The summed E-state index contributed by atoms with van der Waals surface area (Å²) in [6, 6.07) is 0. The van der Waals surface area contributed by atoms with E-state index >= 15 is 0 Å². The van der Waals surface area contributed by atoms with Gasteiger partial charge in [0.15, 0.2) is 0 Å². The highest BCUT2D eigenvalue weighted by molar-refractivity contribution is 7.09. The number of halogens is 1. The normalized spacial score (nSPS) is 12.7. The van der Waals surface area contributed by atoms with Crippen LogP contribution < -0.4 is 5.32 Å². The van der Waals surface area contributed by atoms with E-state index in [2.05, 4.69) is 21.6 Å². The topological polar surface area (TPSA) is 37.8 Å². The highest BCUT2D eigenvalue weighted by atomic mass is 35.5. The maximum absolute atomic E-state index is 5.74. The van der Waals surface area contributed by atoms with Crippen molar-refractivity contribution < 1.29 is 0 Å². The van der Waals surface area contributed by atoms with Crippen molar-refractivity contribution in [2.45, 2.75) is 26.2 Å². The van der Waals surface area contributed by atoms with Crippen LogP contribution in [0.3, 0.4) is 0 Å². The summed E-state index contributed by atoms with van der Waals surface area (Å²) >= 11 is 7.14. The minimum atomic E-state index is 0.654. The number of nitrogens with one attached hydrogen (secondary N) is 1. The fraction of sp³-hybridized carbons (Fsp3) is 0.778.